The molecule has 0 saturated carbocycles. The van der Waals surface area contributed by atoms with Crippen LogP contribution in [0.5, 0.6) is 11.5 Å². The minimum atomic E-state index is 0.439. The fourth-order valence-electron chi connectivity index (χ4n) is 2.15. The Bertz CT molecular complexity index is 581. The van der Waals surface area contributed by atoms with Gasteiger partial charge in [-0.3, -0.25) is 0 Å². The summed E-state index contributed by atoms with van der Waals surface area (Å²) in [6.07, 6.45) is 0. The van der Waals surface area contributed by atoms with Gasteiger partial charge in [-0.15, -0.1) is 0 Å². The summed E-state index contributed by atoms with van der Waals surface area (Å²) in [5.41, 5.74) is 2.37. The summed E-state index contributed by atoms with van der Waals surface area (Å²) < 4.78 is 7.21. The second-order valence-corrected chi connectivity index (χ2v) is 5.99. The van der Waals surface area contributed by atoms with Gasteiger partial charge in [0, 0.05) is 16.6 Å². The summed E-state index contributed by atoms with van der Waals surface area (Å²) in [5.74, 6) is 2.27. The number of benzene rings is 2. The molecule has 0 radical (unpaired) electrons. The lowest BCUT2D eigenvalue weighted by atomic mass is 10.0. The van der Waals surface area contributed by atoms with Crippen molar-refractivity contribution >= 4 is 15.9 Å². The van der Waals surface area contributed by atoms with E-state index in [1.165, 1.54) is 5.56 Å². The van der Waals surface area contributed by atoms with Gasteiger partial charge in [0.05, 0.1) is 0 Å². The number of hydrogen-bond donors (Lipinski definition) is 1. The van der Waals surface area contributed by atoms with Crippen LogP contribution >= 0.6 is 15.9 Å². The topological polar surface area (TPSA) is 21.3 Å². The third-order valence-electron chi connectivity index (χ3n) is 3.15. The normalized spacial score (nSPS) is 10.8. The third-order valence-corrected chi connectivity index (χ3v) is 3.64. The summed E-state index contributed by atoms with van der Waals surface area (Å²) in [4.78, 5) is 0. The van der Waals surface area contributed by atoms with Crippen molar-refractivity contribution in [3.05, 3.63) is 58.1 Å². The molecule has 0 bridgehead atoms. The maximum atomic E-state index is 6.15. The molecule has 0 aliphatic carbocycles. The van der Waals surface area contributed by atoms with Gasteiger partial charge in [-0.05, 0) is 42.8 Å². The van der Waals surface area contributed by atoms with Crippen LogP contribution in [0.3, 0.4) is 0 Å². The standard InChI is InChI=1S/C17H20BrNO/c1-12(2)15-6-4-5-7-17(15)20-16-9-8-14(18)10-13(16)11-19-3/h4-10,12,19H,11H2,1-3H3. The van der Waals surface area contributed by atoms with E-state index in [0.717, 1.165) is 28.1 Å². The number of rotatable bonds is 5. The molecule has 3 heteroatoms. The molecule has 1 N–H and O–H groups in total. The molecule has 0 unspecified atom stereocenters. The quantitative estimate of drug-likeness (QED) is 0.823. The lowest BCUT2D eigenvalue weighted by Crippen LogP contribution is -2.06. The van der Waals surface area contributed by atoms with E-state index in [4.69, 9.17) is 4.74 Å². The van der Waals surface area contributed by atoms with E-state index in [1.54, 1.807) is 0 Å². The van der Waals surface area contributed by atoms with Crippen molar-refractivity contribution in [1.29, 1.82) is 0 Å². The zero-order valence-corrected chi connectivity index (χ0v) is 13.7. The molecular formula is C17H20BrNO. The fourth-order valence-corrected chi connectivity index (χ4v) is 2.55. The van der Waals surface area contributed by atoms with Gasteiger partial charge in [-0.25, -0.2) is 0 Å². The Balaban J connectivity index is 2.35. The number of nitrogens with one attached hydrogen (secondary N) is 1. The third kappa shape index (κ3) is 3.62. The molecule has 2 aromatic carbocycles. The van der Waals surface area contributed by atoms with E-state index in [-0.39, 0.29) is 0 Å². The van der Waals surface area contributed by atoms with Crippen LogP contribution in [0.15, 0.2) is 46.9 Å². The molecule has 0 spiro atoms. The van der Waals surface area contributed by atoms with E-state index in [0.29, 0.717) is 5.92 Å². The second kappa shape index (κ2) is 6.91. The largest absolute Gasteiger partial charge is 0.457 e. The van der Waals surface area contributed by atoms with Crippen LogP contribution < -0.4 is 10.1 Å². The van der Waals surface area contributed by atoms with Crippen LogP contribution in [0.25, 0.3) is 0 Å². The monoisotopic (exact) mass is 333 g/mol. The van der Waals surface area contributed by atoms with E-state index in [1.807, 2.05) is 31.3 Å². The van der Waals surface area contributed by atoms with Gasteiger partial charge in [-0.1, -0.05) is 48.0 Å². The number of hydrogen-bond acceptors (Lipinski definition) is 2. The highest BCUT2D eigenvalue weighted by Crippen LogP contribution is 2.33. The molecule has 20 heavy (non-hydrogen) atoms. The Morgan fingerprint density at radius 3 is 2.55 bits per heavy atom. The lowest BCUT2D eigenvalue weighted by molar-refractivity contribution is 0.465. The molecule has 0 aliphatic rings. The van der Waals surface area contributed by atoms with Gasteiger partial charge >= 0.3 is 0 Å². The van der Waals surface area contributed by atoms with E-state index in [2.05, 4.69) is 53.3 Å². The van der Waals surface area contributed by atoms with Gasteiger partial charge in [0.25, 0.3) is 0 Å². The average Bonchev–Trinajstić information content (AvgIpc) is 2.42. The van der Waals surface area contributed by atoms with Crippen LogP contribution in [0.4, 0.5) is 0 Å². The van der Waals surface area contributed by atoms with Gasteiger partial charge in [0.2, 0.25) is 0 Å². The second-order valence-electron chi connectivity index (χ2n) is 5.08. The summed E-state index contributed by atoms with van der Waals surface area (Å²) in [5, 5.41) is 3.17. The van der Waals surface area contributed by atoms with Crippen molar-refractivity contribution in [1.82, 2.24) is 5.32 Å². The minimum absolute atomic E-state index is 0.439. The lowest BCUT2D eigenvalue weighted by Gasteiger charge is -2.16. The smallest absolute Gasteiger partial charge is 0.132 e. The van der Waals surface area contributed by atoms with Crippen LogP contribution in [0.2, 0.25) is 0 Å². The molecule has 0 fully saturated rings. The first-order valence-corrected chi connectivity index (χ1v) is 7.61. The molecule has 2 aromatic rings. The first-order chi connectivity index (χ1) is 9.61. The van der Waals surface area contributed by atoms with E-state index >= 15 is 0 Å². The van der Waals surface area contributed by atoms with Crippen LogP contribution in [0.1, 0.15) is 30.9 Å². The predicted octanol–water partition coefficient (Wildman–Crippen LogP) is 5.08. The van der Waals surface area contributed by atoms with Crippen molar-refractivity contribution in [2.75, 3.05) is 7.05 Å². The highest BCUT2D eigenvalue weighted by Gasteiger charge is 2.10. The Kier molecular flexibility index (Phi) is 5.21. The highest BCUT2D eigenvalue weighted by atomic mass is 79.9. The molecule has 0 amide bonds. The van der Waals surface area contributed by atoms with Crippen molar-refractivity contribution in [2.24, 2.45) is 0 Å². The van der Waals surface area contributed by atoms with Crippen molar-refractivity contribution < 1.29 is 4.74 Å². The van der Waals surface area contributed by atoms with E-state index in [9.17, 15) is 0 Å². The van der Waals surface area contributed by atoms with Gasteiger partial charge in [0.15, 0.2) is 0 Å². The molecular weight excluding hydrogens is 314 g/mol. The summed E-state index contributed by atoms with van der Waals surface area (Å²) >= 11 is 3.51. The summed E-state index contributed by atoms with van der Waals surface area (Å²) in [7, 11) is 1.94. The zero-order valence-electron chi connectivity index (χ0n) is 12.1. The van der Waals surface area contributed by atoms with Crippen molar-refractivity contribution in [3.8, 4) is 11.5 Å². The maximum absolute atomic E-state index is 6.15. The number of halogens is 1. The van der Waals surface area contributed by atoms with Crippen molar-refractivity contribution in [2.45, 2.75) is 26.3 Å². The SMILES string of the molecule is CNCc1cc(Br)ccc1Oc1ccccc1C(C)C. The van der Waals surface area contributed by atoms with Crippen LogP contribution in [-0.4, -0.2) is 7.05 Å². The minimum Gasteiger partial charge on any atom is -0.457 e. The Hall–Kier alpha value is -1.32. The Morgan fingerprint density at radius 1 is 1.10 bits per heavy atom. The maximum Gasteiger partial charge on any atom is 0.132 e. The highest BCUT2D eigenvalue weighted by molar-refractivity contribution is 9.10. The summed E-state index contributed by atoms with van der Waals surface area (Å²) in [6.45, 7) is 5.13. The average molecular weight is 334 g/mol. The number of para-hydroxylation sites is 1. The van der Waals surface area contributed by atoms with Crippen LogP contribution in [-0.2, 0) is 6.54 Å². The molecule has 0 saturated heterocycles. The van der Waals surface area contributed by atoms with E-state index < -0.39 is 0 Å². The first-order valence-electron chi connectivity index (χ1n) is 6.81. The van der Waals surface area contributed by atoms with Gasteiger partial charge in [-0.2, -0.15) is 0 Å². The first kappa shape index (κ1) is 15.1. The molecule has 0 aliphatic heterocycles. The molecule has 2 nitrogen and oxygen atoms in total. The molecule has 2 rings (SSSR count). The van der Waals surface area contributed by atoms with Gasteiger partial charge in [0.1, 0.15) is 11.5 Å². The molecule has 0 atom stereocenters. The fraction of sp³-hybridized carbons (Fsp3) is 0.294. The summed E-state index contributed by atoms with van der Waals surface area (Å²) in [6, 6.07) is 14.3. The zero-order chi connectivity index (χ0) is 14.5. The Morgan fingerprint density at radius 2 is 1.85 bits per heavy atom. The number of ether oxygens (including phenoxy) is 1. The molecule has 0 aromatic heterocycles. The molecule has 106 valence electrons. The van der Waals surface area contributed by atoms with Gasteiger partial charge < -0.3 is 10.1 Å². The predicted molar refractivity (Wildman–Crippen MR) is 87.5 cm³/mol. The van der Waals surface area contributed by atoms with Crippen LogP contribution in [0, 0.1) is 0 Å². The van der Waals surface area contributed by atoms with Crippen molar-refractivity contribution in [3.63, 3.8) is 0 Å². The Labute approximate surface area is 129 Å². The molecule has 0 heterocycles.